The lowest BCUT2D eigenvalue weighted by Crippen LogP contribution is -2.27. The number of hydrogen-bond donors (Lipinski definition) is 1. The van der Waals surface area contributed by atoms with Gasteiger partial charge < -0.3 is 9.63 Å². The second-order valence-electron chi connectivity index (χ2n) is 5.22. The first kappa shape index (κ1) is 15.3. The molecule has 0 amide bonds. The van der Waals surface area contributed by atoms with Crippen LogP contribution in [0.1, 0.15) is 23.1 Å². The summed E-state index contributed by atoms with van der Waals surface area (Å²) in [5, 5.41) is 18.5. The highest BCUT2D eigenvalue weighted by Crippen LogP contribution is 2.19. The molecule has 3 rings (SSSR count). The minimum absolute atomic E-state index is 0.118. The van der Waals surface area contributed by atoms with Gasteiger partial charge in [0.05, 0.1) is 23.7 Å². The quantitative estimate of drug-likeness (QED) is 0.798. The SMILES string of the molecule is Cc1nn(CC(O)c2ccc(F)c(F)c2)c(=O)c2noc(C)c12. The van der Waals surface area contributed by atoms with E-state index in [0.717, 1.165) is 16.8 Å². The molecule has 0 fully saturated rings. The van der Waals surface area contributed by atoms with E-state index in [1.807, 2.05) is 0 Å². The minimum atomic E-state index is -1.22. The zero-order chi connectivity index (χ0) is 16.7. The molecule has 1 N–H and O–H groups in total. The van der Waals surface area contributed by atoms with Crippen molar-refractivity contribution in [2.24, 2.45) is 0 Å². The Hall–Kier alpha value is -2.61. The van der Waals surface area contributed by atoms with Crippen LogP contribution >= 0.6 is 0 Å². The Morgan fingerprint density at radius 2 is 2.04 bits per heavy atom. The van der Waals surface area contributed by atoms with E-state index >= 15 is 0 Å². The van der Waals surface area contributed by atoms with Gasteiger partial charge in [-0.2, -0.15) is 5.10 Å². The highest BCUT2D eigenvalue weighted by Gasteiger charge is 2.18. The third kappa shape index (κ3) is 2.61. The summed E-state index contributed by atoms with van der Waals surface area (Å²) in [7, 11) is 0. The summed E-state index contributed by atoms with van der Waals surface area (Å²) in [6.45, 7) is 3.14. The number of aliphatic hydroxyl groups excluding tert-OH is 1. The number of benzene rings is 1. The third-order valence-electron chi connectivity index (χ3n) is 3.61. The van der Waals surface area contributed by atoms with E-state index in [1.54, 1.807) is 13.8 Å². The lowest BCUT2D eigenvalue weighted by atomic mass is 10.1. The van der Waals surface area contributed by atoms with Crippen molar-refractivity contribution in [3.05, 3.63) is 57.2 Å². The lowest BCUT2D eigenvalue weighted by molar-refractivity contribution is 0.149. The van der Waals surface area contributed by atoms with Gasteiger partial charge in [0.15, 0.2) is 17.2 Å². The van der Waals surface area contributed by atoms with E-state index in [2.05, 4.69) is 10.3 Å². The summed E-state index contributed by atoms with van der Waals surface area (Å²) in [6.07, 6.45) is -1.22. The van der Waals surface area contributed by atoms with Crippen molar-refractivity contribution in [2.45, 2.75) is 26.5 Å². The van der Waals surface area contributed by atoms with Crippen molar-refractivity contribution in [3.8, 4) is 0 Å². The summed E-state index contributed by atoms with van der Waals surface area (Å²) in [5.74, 6) is -1.59. The number of aliphatic hydroxyl groups is 1. The summed E-state index contributed by atoms with van der Waals surface area (Å²) >= 11 is 0. The van der Waals surface area contributed by atoms with Crippen LogP contribution in [0.4, 0.5) is 8.78 Å². The molecule has 3 aromatic rings. The number of nitrogens with zero attached hydrogens (tertiary/aromatic N) is 3. The first-order valence-electron chi connectivity index (χ1n) is 6.85. The molecule has 8 heteroatoms. The van der Waals surface area contributed by atoms with Crippen molar-refractivity contribution in [1.82, 2.24) is 14.9 Å². The molecular formula is C15H13F2N3O3. The molecule has 1 unspecified atom stereocenters. The van der Waals surface area contributed by atoms with Gasteiger partial charge in [-0.25, -0.2) is 13.5 Å². The Labute approximate surface area is 128 Å². The van der Waals surface area contributed by atoms with Gasteiger partial charge in [-0.1, -0.05) is 11.2 Å². The average molecular weight is 321 g/mol. The van der Waals surface area contributed by atoms with Gasteiger partial charge in [0.2, 0.25) is 0 Å². The van der Waals surface area contributed by atoms with E-state index in [9.17, 15) is 18.7 Å². The monoisotopic (exact) mass is 321 g/mol. The van der Waals surface area contributed by atoms with Crippen LogP contribution in [-0.2, 0) is 6.54 Å². The van der Waals surface area contributed by atoms with Crippen molar-refractivity contribution >= 4 is 10.9 Å². The Bertz CT molecular complexity index is 949. The van der Waals surface area contributed by atoms with Crippen LogP contribution in [0.15, 0.2) is 27.5 Å². The maximum Gasteiger partial charge on any atom is 0.296 e. The fourth-order valence-electron chi connectivity index (χ4n) is 2.46. The highest BCUT2D eigenvalue weighted by molar-refractivity contribution is 5.81. The van der Waals surface area contributed by atoms with Gasteiger partial charge in [0.1, 0.15) is 5.76 Å². The number of aromatic nitrogens is 3. The molecule has 0 spiro atoms. The minimum Gasteiger partial charge on any atom is -0.386 e. The fourth-order valence-corrected chi connectivity index (χ4v) is 2.46. The topological polar surface area (TPSA) is 81.1 Å². The molecule has 0 aliphatic carbocycles. The fraction of sp³-hybridized carbons (Fsp3) is 0.267. The molecule has 2 heterocycles. The molecule has 6 nitrogen and oxygen atoms in total. The molecule has 1 aromatic carbocycles. The standard InChI is InChI=1S/C15H13F2N3O3/c1-7-13-8(2)23-19-14(13)15(22)20(18-7)6-12(21)9-3-4-10(16)11(17)5-9/h3-5,12,21H,6H2,1-2H3. The van der Waals surface area contributed by atoms with E-state index < -0.39 is 23.3 Å². The summed E-state index contributed by atoms with van der Waals surface area (Å²) in [5.41, 5.74) is 0.263. The van der Waals surface area contributed by atoms with E-state index in [0.29, 0.717) is 16.8 Å². The number of rotatable bonds is 3. The van der Waals surface area contributed by atoms with E-state index in [4.69, 9.17) is 4.52 Å². The predicted octanol–water partition coefficient (Wildman–Crippen LogP) is 2.01. The highest BCUT2D eigenvalue weighted by atomic mass is 19.2. The van der Waals surface area contributed by atoms with Crippen LogP contribution < -0.4 is 5.56 Å². The summed E-state index contributed by atoms with van der Waals surface area (Å²) in [4.78, 5) is 12.3. The molecule has 120 valence electrons. The predicted molar refractivity (Wildman–Crippen MR) is 76.9 cm³/mol. The largest absolute Gasteiger partial charge is 0.386 e. The molecular weight excluding hydrogens is 308 g/mol. The van der Waals surface area contributed by atoms with Crippen LogP contribution in [0.2, 0.25) is 0 Å². The van der Waals surface area contributed by atoms with Crippen LogP contribution in [0.3, 0.4) is 0 Å². The van der Waals surface area contributed by atoms with Crippen LogP contribution in [0.25, 0.3) is 10.9 Å². The van der Waals surface area contributed by atoms with E-state index in [-0.39, 0.29) is 17.6 Å². The maximum atomic E-state index is 13.2. The lowest BCUT2D eigenvalue weighted by Gasteiger charge is -2.13. The molecule has 0 aliphatic heterocycles. The van der Waals surface area contributed by atoms with E-state index in [1.165, 1.54) is 6.07 Å². The normalized spacial score (nSPS) is 12.7. The number of fused-ring (bicyclic) bond motifs is 1. The second kappa shape index (κ2) is 5.54. The smallest absolute Gasteiger partial charge is 0.296 e. The molecule has 23 heavy (non-hydrogen) atoms. The van der Waals surface area contributed by atoms with Crippen molar-refractivity contribution < 1.29 is 18.4 Å². The first-order chi connectivity index (χ1) is 10.9. The Morgan fingerprint density at radius 3 is 2.74 bits per heavy atom. The van der Waals surface area contributed by atoms with Crippen LogP contribution in [0, 0.1) is 25.5 Å². The van der Waals surface area contributed by atoms with Gasteiger partial charge >= 0.3 is 0 Å². The second-order valence-corrected chi connectivity index (χ2v) is 5.22. The molecule has 0 saturated heterocycles. The van der Waals surface area contributed by atoms with Gasteiger partial charge in [0, 0.05) is 0 Å². The molecule has 0 saturated carbocycles. The Balaban J connectivity index is 1.99. The van der Waals surface area contributed by atoms with Crippen molar-refractivity contribution in [3.63, 3.8) is 0 Å². The number of hydrogen-bond acceptors (Lipinski definition) is 5. The number of aryl methyl sites for hydroxylation is 2. The third-order valence-corrected chi connectivity index (χ3v) is 3.61. The molecule has 0 radical (unpaired) electrons. The average Bonchev–Trinajstić information content (AvgIpc) is 2.90. The van der Waals surface area contributed by atoms with Gasteiger partial charge in [0.25, 0.3) is 5.56 Å². The van der Waals surface area contributed by atoms with Crippen molar-refractivity contribution in [1.29, 1.82) is 0 Å². The molecule has 2 aromatic heterocycles. The Kier molecular flexibility index (Phi) is 3.69. The van der Waals surface area contributed by atoms with Gasteiger partial charge in [-0.15, -0.1) is 0 Å². The molecule has 0 bridgehead atoms. The zero-order valence-electron chi connectivity index (χ0n) is 12.4. The molecule has 0 aliphatic rings. The van der Waals surface area contributed by atoms with Gasteiger partial charge in [-0.3, -0.25) is 4.79 Å². The van der Waals surface area contributed by atoms with Crippen LogP contribution in [0.5, 0.6) is 0 Å². The summed E-state index contributed by atoms with van der Waals surface area (Å²) in [6, 6.07) is 3.05. The van der Waals surface area contributed by atoms with Crippen molar-refractivity contribution in [2.75, 3.05) is 0 Å². The number of halogens is 2. The van der Waals surface area contributed by atoms with Crippen LogP contribution in [-0.4, -0.2) is 20.0 Å². The van der Waals surface area contributed by atoms with Gasteiger partial charge in [-0.05, 0) is 31.5 Å². The Morgan fingerprint density at radius 1 is 1.30 bits per heavy atom. The zero-order valence-corrected chi connectivity index (χ0v) is 12.4. The maximum absolute atomic E-state index is 13.2. The first-order valence-corrected chi connectivity index (χ1v) is 6.85. The molecule has 1 atom stereocenters. The summed E-state index contributed by atoms with van der Waals surface area (Å²) < 4.78 is 32.2.